The van der Waals surface area contributed by atoms with Crippen LogP contribution < -0.4 is 9.46 Å². The quantitative estimate of drug-likeness (QED) is 0.751. The van der Waals surface area contributed by atoms with Gasteiger partial charge < -0.3 is 9.84 Å². The molecule has 0 aliphatic carbocycles. The summed E-state index contributed by atoms with van der Waals surface area (Å²) in [5.74, 6) is 0.138. The minimum Gasteiger partial charge on any atom is -0.504 e. The van der Waals surface area contributed by atoms with Crippen molar-refractivity contribution in [2.45, 2.75) is 25.8 Å². The number of nitrogens with zero attached hydrogens (tertiary/aromatic N) is 2. The first kappa shape index (κ1) is 20.7. The molecule has 3 rings (SSSR count). The maximum Gasteiger partial charge on any atom is 0.242 e. The summed E-state index contributed by atoms with van der Waals surface area (Å²) in [5, 5.41) is 16.0. The molecule has 0 spiro atoms. The van der Waals surface area contributed by atoms with Gasteiger partial charge >= 0.3 is 0 Å². The fourth-order valence-corrected chi connectivity index (χ4v) is 3.84. The Morgan fingerprint density at radius 2 is 2.03 bits per heavy atom. The molecule has 29 heavy (non-hydrogen) atoms. The lowest BCUT2D eigenvalue weighted by atomic mass is 9.97. The zero-order valence-electron chi connectivity index (χ0n) is 16.4. The van der Waals surface area contributed by atoms with Crippen LogP contribution in [0.4, 0.5) is 5.69 Å². The Bertz CT molecular complexity index is 1070. The zero-order chi connectivity index (χ0) is 21.2. The van der Waals surface area contributed by atoms with Gasteiger partial charge in [-0.15, -0.1) is 0 Å². The number of carbonyl (C=O) groups is 1. The predicted octanol–water partition coefficient (Wildman–Crippen LogP) is 2.86. The van der Waals surface area contributed by atoms with E-state index >= 15 is 0 Å². The molecule has 0 fully saturated rings. The molecule has 0 saturated heterocycles. The van der Waals surface area contributed by atoms with Crippen molar-refractivity contribution in [2.75, 3.05) is 18.1 Å². The van der Waals surface area contributed by atoms with Gasteiger partial charge in [0, 0.05) is 18.4 Å². The highest BCUT2D eigenvalue weighted by Gasteiger charge is 2.33. The third kappa shape index (κ3) is 4.51. The number of benzene rings is 2. The van der Waals surface area contributed by atoms with Gasteiger partial charge in [-0.1, -0.05) is 31.2 Å². The highest BCUT2D eigenvalue weighted by molar-refractivity contribution is 7.92. The molecule has 0 radical (unpaired) electrons. The van der Waals surface area contributed by atoms with Gasteiger partial charge in [0.1, 0.15) is 0 Å². The second-order valence-corrected chi connectivity index (χ2v) is 8.46. The standard InChI is InChI=1S/C20H23N3O5S/c1-4-20(25)23-17(13-9-10-19(28-2)18(24)11-13)12-16(21-23)14-7-5-6-8-15(14)22-29(3,26)27/h5-11,17,22,24H,4,12H2,1-3H3/t17-/m1/s1. The van der Waals surface area contributed by atoms with Crippen LogP contribution in [0.1, 0.15) is 36.9 Å². The van der Waals surface area contributed by atoms with E-state index in [9.17, 15) is 18.3 Å². The second-order valence-electron chi connectivity index (χ2n) is 6.71. The number of sulfonamides is 1. The van der Waals surface area contributed by atoms with Crippen LogP contribution in [0, 0.1) is 0 Å². The van der Waals surface area contributed by atoms with E-state index in [1.54, 1.807) is 49.4 Å². The largest absolute Gasteiger partial charge is 0.504 e. The first-order valence-corrected chi connectivity index (χ1v) is 11.0. The number of para-hydroxylation sites is 1. The Balaban J connectivity index is 2.01. The van der Waals surface area contributed by atoms with Crippen molar-refractivity contribution in [3.05, 3.63) is 53.6 Å². The Hall–Kier alpha value is -3.07. The van der Waals surface area contributed by atoms with Crippen LogP contribution in [0.15, 0.2) is 47.6 Å². The molecular weight excluding hydrogens is 394 g/mol. The number of carbonyl (C=O) groups excluding carboxylic acids is 1. The van der Waals surface area contributed by atoms with E-state index in [2.05, 4.69) is 9.82 Å². The van der Waals surface area contributed by atoms with Crippen LogP contribution in [0.25, 0.3) is 0 Å². The second kappa shape index (κ2) is 8.12. The highest BCUT2D eigenvalue weighted by Crippen LogP contribution is 2.38. The predicted molar refractivity (Wildman–Crippen MR) is 111 cm³/mol. The number of phenolic OH excluding ortho intramolecular Hbond substituents is 1. The fraction of sp³-hybridized carbons (Fsp3) is 0.300. The zero-order valence-corrected chi connectivity index (χ0v) is 17.2. The SMILES string of the molecule is CCC(=O)N1N=C(c2ccccc2NS(C)(=O)=O)C[C@@H]1c1ccc(OC)c(O)c1. The van der Waals surface area contributed by atoms with Gasteiger partial charge in [-0.3, -0.25) is 9.52 Å². The lowest BCUT2D eigenvalue weighted by molar-refractivity contribution is -0.132. The van der Waals surface area contributed by atoms with E-state index < -0.39 is 16.1 Å². The number of ether oxygens (including phenoxy) is 1. The summed E-state index contributed by atoms with van der Waals surface area (Å²) in [6.45, 7) is 1.75. The summed E-state index contributed by atoms with van der Waals surface area (Å²) in [7, 11) is -2.01. The molecule has 2 N–H and O–H groups in total. The summed E-state index contributed by atoms with van der Waals surface area (Å²) >= 11 is 0. The number of rotatable bonds is 6. The summed E-state index contributed by atoms with van der Waals surface area (Å²) < 4.78 is 31.0. The van der Waals surface area contributed by atoms with Crippen molar-refractivity contribution in [3.63, 3.8) is 0 Å². The molecule has 0 aromatic heterocycles. The molecular formula is C20H23N3O5S. The van der Waals surface area contributed by atoms with Gasteiger partial charge in [0.25, 0.3) is 0 Å². The van der Waals surface area contributed by atoms with Gasteiger partial charge in [-0.05, 0) is 23.8 Å². The third-order valence-electron chi connectivity index (χ3n) is 4.59. The summed E-state index contributed by atoms with van der Waals surface area (Å²) in [4.78, 5) is 12.5. The third-order valence-corrected chi connectivity index (χ3v) is 5.18. The van der Waals surface area contributed by atoms with Crippen LogP contribution in [0.5, 0.6) is 11.5 Å². The minimum absolute atomic E-state index is 0.0264. The van der Waals surface area contributed by atoms with E-state index in [-0.39, 0.29) is 18.1 Å². The van der Waals surface area contributed by atoms with Gasteiger partial charge in [0.15, 0.2) is 11.5 Å². The lowest BCUT2D eigenvalue weighted by Gasteiger charge is -2.22. The Morgan fingerprint density at radius 3 is 2.66 bits per heavy atom. The molecule has 0 unspecified atom stereocenters. The molecule has 0 bridgehead atoms. The molecule has 2 aromatic carbocycles. The van der Waals surface area contributed by atoms with Crippen molar-refractivity contribution in [2.24, 2.45) is 5.10 Å². The van der Waals surface area contributed by atoms with E-state index in [4.69, 9.17) is 4.74 Å². The lowest BCUT2D eigenvalue weighted by Crippen LogP contribution is -2.26. The smallest absolute Gasteiger partial charge is 0.242 e. The number of nitrogens with one attached hydrogen (secondary N) is 1. The Kier molecular flexibility index (Phi) is 5.78. The number of anilines is 1. The summed E-state index contributed by atoms with van der Waals surface area (Å²) in [6, 6.07) is 11.5. The number of amides is 1. The first-order valence-electron chi connectivity index (χ1n) is 9.07. The van der Waals surface area contributed by atoms with E-state index in [1.807, 2.05) is 0 Å². The average molecular weight is 417 g/mol. The topological polar surface area (TPSA) is 108 Å². The molecule has 1 aliphatic heterocycles. The van der Waals surface area contributed by atoms with Crippen molar-refractivity contribution in [1.29, 1.82) is 0 Å². The number of aromatic hydroxyl groups is 1. The number of phenols is 1. The van der Waals surface area contributed by atoms with Crippen LogP contribution in [0.2, 0.25) is 0 Å². The maximum atomic E-state index is 12.5. The van der Waals surface area contributed by atoms with Crippen LogP contribution in [-0.2, 0) is 14.8 Å². The molecule has 1 heterocycles. The number of hydrazone groups is 1. The highest BCUT2D eigenvalue weighted by atomic mass is 32.2. The van der Waals surface area contributed by atoms with Gasteiger partial charge in [0.05, 0.1) is 30.8 Å². The maximum absolute atomic E-state index is 12.5. The van der Waals surface area contributed by atoms with Crippen LogP contribution in [0.3, 0.4) is 0 Å². The van der Waals surface area contributed by atoms with Gasteiger partial charge in [-0.25, -0.2) is 13.4 Å². The molecule has 1 atom stereocenters. The normalized spacial score (nSPS) is 16.4. The minimum atomic E-state index is -3.48. The van der Waals surface area contributed by atoms with E-state index in [0.29, 0.717) is 34.7 Å². The average Bonchev–Trinajstić information content (AvgIpc) is 3.11. The number of hydrogen-bond donors (Lipinski definition) is 2. The van der Waals surface area contributed by atoms with Crippen molar-refractivity contribution in [1.82, 2.24) is 5.01 Å². The molecule has 8 nitrogen and oxygen atoms in total. The van der Waals surface area contributed by atoms with Crippen molar-refractivity contribution >= 4 is 27.3 Å². The molecule has 2 aromatic rings. The summed E-state index contributed by atoms with van der Waals surface area (Å²) in [6.07, 6.45) is 1.72. The van der Waals surface area contributed by atoms with Crippen LogP contribution >= 0.6 is 0 Å². The molecule has 154 valence electrons. The van der Waals surface area contributed by atoms with Crippen molar-refractivity contribution in [3.8, 4) is 11.5 Å². The first-order chi connectivity index (χ1) is 13.7. The monoisotopic (exact) mass is 417 g/mol. The number of hydrogen-bond acceptors (Lipinski definition) is 6. The Morgan fingerprint density at radius 1 is 1.31 bits per heavy atom. The number of methoxy groups -OCH3 is 1. The van der Waals surface area contributed by atoms with E-state index in [0.717, 1.165) is 6.26 Å². The molecule has 0 saturated carbocycles. The summed E-state index contributed by atoms with van der Waals surface area (Å²) in [5.41, 5.74) is 2.29. The van der Waals surface area contributed by atoms with Crippen molar-refractivity contribution < 1.29 is 23.1 Å². The molecule has 9 heteroatoms. The molecule has 1 aliphatic rings. The van der Waals surface area contributed by atoms with Gasteiger partial charge in [-0.2, -0.15) is 5.10 Å². The Labute approximate surface area is 169 Å². The van der Waals surface area contributed by atoms with Crippen LogP contribution in [-0.4, -0.2) is 43.5 Å². The van der Waals surface area contributed by atoms with Gasteiger partial charge in [0.2, 0.25) is 15.9 Å². The van der Waals surface area contributed by atoms with E-state index in [1.165, 1.54) is 12.1 Å². The molecule has 1 amide bonds. The fourth-order valence-electron chi connectivity index (χ4n) is 3.26.